The molecule has 0 aliphatic carbocycles. The predicted molar refractivity (Wildman–Crippen MR) is 126 cm³/mol. The average Bonchev–Trinajstić information content (AvgIpc) is 3.04. The minimum atomic E-state index is -0.428. The predicted octanol–water partition coefficient (Wildman–Crippen LogP) is 5.54. The second-order valence-corrected chi connectivity index (χ2v) is 8.87. The molecule has 0 atom stereocenters. The molecule has 0 bridgehead atoms. The zero-order chi connectivity index (χ0) is 23.0. The zero-order valence-electron chi connectivity index (χ0n) is 18.6. The summed E-state index contributed by atoms with van der Waals surface area (Å²) < 4.78 is 13.6. The Labute approximate surface area is 187 Å². The highest BCUT2D eigenvalue weighted by molar-refractivity contribution is 6.46. The third kappa shape index (κ3) is 3.82. The number of amides is 2. The molecule has 2 amide bonds. The lowest BCUT2D eigenvalue weighted by atomic mass is 9.87. The van der Waals surface area contributed by atoms with E-state index < -0.39 is 17.6 Å². The van der Waals surface area contributed by atoms with Gasteiger partial charge in [0.05, 0.1) is 11.3 Å². The van der Waals surface area contributed by atoms with E-state index in [9.17, 15) is 14.0 Å². The number of imide groups is 1. The number of likely N-dealkylation sites (N-methyl/N-ethyl adjacent to an activating group) is 1. The van der Waals surface area contributed by atoms with E-state index in [1.54, 1.807) is 24.1 Å². The number of halogens is 1. The van der Waals surface area contributed by atoms with Crippen LogP contribution in [0.1, 0.15) is 31.9 Å². The number of benzene rings is 3. The smallest absolute Gasteiger partial charge is 0.282 e. The molecule has 1 heterocycles. The van der Waals surface area contributed by atoms with Crippen molar-refractivity contribution in [3.63, 3.8) is 0 Å². The van der Waals surface area contributed by atoms with Gasteiger partial charge in [-0.2, -0.15) is 0 Å². The van der Waals surface area contributed by atoms with E-state index in [4.69, 9.17) is 0 Å². The van der Waals surface area contributed by atoms with Crippen LogP contribution in [0.5, 0.6) is 0 Å². The van der Waals surface area contributed by atoms with E-state index in [1.165, 1.54) is 29.2 Å². The van der Waals surface area contributed by atoms with Gasteiger partial charge in [-0.3, -0.25) is 9.59 Å². The molecule has 1 aliphatic rings. The van der Waals surface area contributed by atoms with Crippen molar-refractivity contribution in [3.8, 4) is 0 Å². The van der Waals surface area contributed by atoms with E-state index >= 15 is 0 Å². The van der Waals surface area contributed by atoms with Gasteiger partial charge in [-0.1, -0.05) is 63.2 Å². The van der Waals surface area contributed by atoms with Gasteiger partial charge in [0.15, 0.2) is 0 Å². The monoisotopic (exact) mass is 428 g/mol. The highest BCUT2D eigenvalue weighted by Crippen LogP contribution is 2.36. The lowest BCUT2D eigenvalue weighted by molar-refractivity contribution is -0.120. The first kappa shape index (κ1) is 21.5. The molecule has 0 fully saturated rings. The molecule has 0 saturated carbocycles. The normalized spacial score (nSPS) is 14.3. The lowest BCUT2D eigenvalue weighted by Crippen LogP contribution is -2.34. The summed E-state index contributed by atoms with van der Waals surface area (Å²) in [4.78, 5) is 30.1. The number of hydrogen-bond donors (Lipinski definition) is 0. The van der Waals surface area contributed by atoms with Gasteiger partial charge in [0.1, 0.15) is 11.5 Å². The maximum atomic E-state index is 13.6. The van der Waals surface area contributed by atoms with E-state index in [0.717, 1.165) is 11.3 Å². The van der Waals surface area contributed by atoms with Gasteiger partial charge < -0.3 is 4.90 Å². The Kier molecular flexibility index (Phi) is 5.43. The van der Waals surface area contributed by atoms with Gasteiger partial charge in [0.25, 0.3) is 11.8 Å². The number of para-hydroxylation sites is 1. The highest BCUT2D eigenvalue weighted by atomic mass is 19.1. The number of carbonyl (C=O) groups is 2. The highest BCUT2D eigenvalue weighted by Gasteiger charge is 2.42. The third-order valence-electron chi connectivity index (χ3n) is 5.66. The molecule has 3 aromatic rings. The van der Waals surface area contributed by atoms with Crippen molar-refractivity contribution in [1.82, 2.24) is 0 Å². The summed E-state index contributed by atoms with van der Waals surface area (Å²) in [5, 5.41) is 0. The molecule has 4 nitrogen and oxygen atoms in total. The Balaban J connectivity index is 1.82. The summed E-state index contributed by atoms with van der Waals surface area (Å²) in [6.45, 7) is 6.32. The Bertz CT molecular complexity index is 1190. The van der Waals surface area contributed by atoms with Crippen LogP contribution in [0, 0.1) is 5.82 Å². The van der Waals surface area contributed by atoms with Crippen molar-refractivity contribution in [2.75, 3.05) is 16.8 Å². The number of nitrogens with zero attached hydrogens (tertiary/aromatic N) is 2. The van der Waals surface area contributed by atoms with Crippen LogP contribution in [0.3, 0.4) is 0 Å². The maximum Gasteiger partial charge on any atom is 0.282 e. The molecule has 32 heavy (non-hydrogen) atoms. The van der Waals surface area contributed by atoms with Crippen molar-refractivity contribution in [2.45, 2.75) is 26.2 Å². The van der Waals surface area contributed by atoms with E-state index in [0.29, 0.717) is 11.3 Å². The largest absolute Gasteiger partial charge is 0.339 e. The lowest BCUT2D eigenvalue weighted by Gasteiger charge is -2.23. The summed E-state index contributed by atoms with van der Waals surface area (Å²) in [5.74, 6) is -1.24. The number of rotatable bonds is 4. The quantitative estimate of drug-likeness (QED) is 0.512. The van der Waals surface area contributed by atoms with Crippen molar-refractivity contribution < 1.29 is 14.0 Å². The van der Waals surface area contributed by atoms with E-state index in [2.05, 4.69) is 20.8 Å². The van der Waals surface area contributed by atoms with Crippen LogP contribution >= 0.6 is 0 Å². The van der Waals surface area contributed by atoms with Gasteiger partial charge in [0, 0.05) is 12.7 Å². The number of carbonyl (C=O) groups excluding carboxylic acids is 2. The standard InChI is InChI=1S/C27H25FN2O2/c1-27(2,3)19-12-16-22(17-13-19)30-25(31)23(18-10-14-20(28)15-11-18)24(26(30)32)29(4)21-8-6-5-7-9-21/h5-17H,1-4H3. The van der Waals surface area contributed by atoms with E-state index in [1.807, 2.05) is 42.5 Å². The minimum Gasteiger partial charge on any atom is -0.339 e. The van der Waals surface area contributed by atoms with Gasteiger partial charge in [-0.05, 0) is 52.9 Å². The van der Waals surface area contributed by atoms with Crippen LogP contribution < -0.4 is 9.80 Å². The summed E-state index contributed by atoms with van der Waals surface area (Å²) in [6.07, 6.45) is 0. The Morgan fingerprint density at radius 1 is 0.781 bits per heavy atom. The second kappa shape index (κ2) is 8.08. The van der Waals surface area contributed by atoms with Crippen molar-refractivity contribution in [3.05, 3.63) is 102 Å². The molecular weight excluding hydrogens is 403 g/mol. The summed E-state index contributed by atoms with van der Waals surface area (Å²) in [7, 11) is 1.76. The first-order chi connectivity index (χ1) is 15.2. The first-order valence-corrected chi connectivity index (χ1v) is 10.5. The molecule has 0 N–H and O–H groups in total. The van der Waals surface area contributed by atoms with Crippen molar-refractivity contribution in [2.24, 2.45) is 0 Å². The minimum absolute atomic E-state index is 0.0479. The van der Waals surface area contributed by atoms with Crippen molar-refractivity contribution in [1.29, 1.82) is 0 Å². The first-order valence-electron chi connectivity index (χ1n) is 10.5. The van der Waals surface area contributed by atoms with Gasteiger partial charge >= 0.3 is 0 Å². The fourth-order valence-corrected chi connectivity index (χ4v) is 3.83. The van der Waals surface area contributed by atoms with Gasteiger partial charge in [-0.25, -0.2) is 9.29 Å². The molecule has 162 valence electrons. The van der Waals surface area contributed by atoms with Crippen LogP contribution in [0.2, 0.25) is 0 Å². The van der Waals surface area contributed by atoms with E-state index in [-0.39, 0.29) is 16.7 Å². The van der Waals surface area contributed by atoms with Gasteiger partial charge in [-0.15, -0.1) is 0 Å². The molecular formula is C27H25FN2O2. The maximum absolute atomic E-state index is 13.6. The number of anilines is 2. The second-order valence-electron chi connectivity index (χ2n) is 8.87. The molecule has 0 saturated heterocycles. The SMILES string of the molecule is CN(C1=C(c2ccc(F)cc2)C(=O)N(c2ccc(C(C)(C)C)cc2)C1=O)c1ccccc1. The molecule has 0 aromatic heterocycles. The van der Waals surface area contributed by atoms with Crippen LogP contribution in [0.4, 0.5) is 15.8 Å². The molecule has 5 heteroatoms. The van der Waals surface area contributed by atoms with Crippen LogP contribution in [0.25, 0.3) is 5.57 Å². The molecule has 0 radical (unpaired) electrons. The zero-order valence-corrected chi connectivity index (χ0v) is 18.6. The van der Waals surface area contributed by atoms with Gasteiger partial charge in [0.2, 0.25) is 0 Å². The van der Waals surface area contributed by atoms with Crippen molar-refractivity contribution >= 4 is 28.8 Å². The Morgan fingerprint density at radius 3 is 1.94 bits per heavy atom. The van der Waals surface area contributed by atoms with Crippen LogP contribution in [-0.4, -0.2) is 18.9 Å². The molecule has 4 rings (SSSR count). The summed E-state index contributed by atoms with van der Waals surface area (Å²) >= 11 is 0. The third-order valence-corrected chi connectivity index (χ3v) is 5.66. The molecule has 3 aromatic carbocycles. The molecule has 1 aliphatic heterocycles. The fourth-order valence-electron chi connectivity index (χ4n) is 3.83. The summed E-state index contributed by atoms with van der Waals surface area (Å²) in [6, 6.07) is 22.5. The van der Waals surface area contributed by atoms with Crippen LogP contribution in [-0.2, 0) is 15.0 Å². The molecule has 0 unspecified atom stereocenters. The average molecular weight is 429 g/mol. The number of hydrogen-bond acceptors (Lipinski definition) is 3. The molecule has 0 spiro atoms. The Hall–Kier alpha value is -3.73. The summed E-state index contributed by atoms with van der Waals surface area (Å²) in [5.41, 5.74) is 3.34. The fraction of sp³-hybridized carbons (Fsp3) is 0.185. The van der Waals surface area contributed by atoms with Crippen LogP contribution in [0.15, 0.2) is 84.6 Å². The topological polar surface area (TPSA) is 40.6 Å². The Morgan fingerprint density at radius 2 is 1.38 bits per heavy atom.